The average molecular weight is 568 g/mol. The van der Waals surface area contributed by atoms with E-state index in [1.807, 2.05) is 12.3 Å². The van der Waals surface area contributed by atoms with Crippen LogP contribution in [-0.2, 0) is 17.8 Å². The molecule has 1 saturated carbocycles. The monoisotopic (exact) mass is 567 g/mol. The van der Waals surface area contributed by atoms with Gasteiger partial charge in [-0.25, -0.2) is 4.98 Å². The molecule has 3 aliphatic rings. The van der Waals surface area contributed by atoms with Crippen molar-refractivity contribution in [3.05, 3.63) is 77.0 Å². The van der Waals surface area contributed by atoms with Gasteiger partial charge in [-0.05, 0) is 116 Å². The van der Waals surface area contributed by atoms with Gasteiger partial charge in [0.05, 0.1) is 7.11 Å². The van der Waals surface area contributed by atoms with Crippen LogP contribution in [0.2, 0.25) is 0 Å². The molecule has 2 fully saturated rings. The Bertz CT molecular complexity index is 1450. The summed E-state index contributed by atoms with van der Waals surface area (Å²) in [6.45, 7) is 8.48. The number of fused-ring (bicyclic) bond motifs is 1. The summed E-state index contributed by atoms with van der Waals surface area (Å²) in [6, 6.07) is 17.2. The minimum atomic E-state index is -0.972. The van der Waals surface area contributed by atoms with Gasteiger partial charge in [-0.3, -0.25) is 4.90 Å². The van der Waals surface area contributed by atoms with Crippen LogP contribution < -0.4 is 14.6 Å². The lowest BCUT2D eigenvalue weighted by Gasteiger charge is -2.43. The van der Waals surface area contributed by atoms with Crippen LogP contribution in [0, 0.1) is 11.8 Å². The summed E-state index contributed by atoms with van der Waals surface area (Å²) in [5.74, 6) is 0.398. The van der Waals surface area contributed by atoms with Gasteiger partial charge in [0.2, 0.25) is 5.88 Å². The third kappa shape index (κ3) is 5.92. The van der Waals surface area contributed by atoms with E-state index in [1.54, 1.807) is 14.0 Å². The first kappa shape index (κ1) is 28.7. The molecule has 3 heterocycles. The van der Waals surface area contributed by atoms with E-state index in [-0.39, 0.29) is 17.6 Å². The number of rotatable bonds is 9. The van der Waals surface area contributed by atoms with Crippen LogP contribution in [0.1, 0.15) is 93.6 Å². The van der Waals surface area contributed by atoms with Crippen molar-refractivity contribution in [1.82, 2.24) is 9.88 Å². The fourth-order valence-corrected chi connectivity index (χ4v) is 7.13. The topological polar surface area (TPSA) is 74.7 Å². The number of nitrogens with zero attached hydrogens (tertiary/aromatic N) is 2. The van der Waals surface area contributed by atoms with Gasteiger partial charge in [-0.15, -0.1) is 0 Å². The maximum Gasteiger partial charge on any atom is 0.213 e. The van der Waals surface area contributed by atoms with E-state index in [0.29, 0.717) is 11.8 Å². The number of carbonyl (C=O) groups is 1. The number of pyridine rings is 1. The van der Waals surface area contributed by atoms with Crippen LogP contribution in [-0.4, -0.2) is 35.0 Å². The molecular formula is C36H43N2O4-. The van der Waals surface area contributed by atoms with Crippen molar-refractivity contribution in [1.29, 1.82) is 0 Å². The predicted octanol–water partition coefficient (Wildman–Crippen LogP) is 6.47. The van der Waals surface area contributed by atoms with Crippen LogP contribution in [0.5, 0.6) is 11.6 Å². The summed E-state index contributed by atoms with van der Waals surface area (Å²) in [5.41, 5.74) is 7.18. The Morgan fingerprint density at radius 3 is 2.69 bits per heavy atom. The lowest BCUT2D eigenvalue weighted by atomic mass is 9.82. The third-order valence-electron chi connectivity index (χ3n) is 9.90. The van der Waals surface area contributed by atoms with E-state index in [4.69, 9.17) is 9.47 Å². The zero-order valence-corrected chi connectivity index (χ0v) is 25.4. The molecule has 6 heteroatoms. The minimum Gasteiger partial charge on any atom is -0.550 e. The van der Waals surface area contributed by atoms with Crippen LogP contribution in [0.4, 0.5) is 0 Å². The van der Waals surface area contributed by atoms with Crippen molar-refractivity contribution in [3.8, 4) is 22.8 Å². The maximum atomic E-state index is 11.8. The second-order valence-corrected chi connectivity index (χ2v) is 13.2. The highest BCUT2D eigenvalue weighted by atomic mass is 16.5. The smallest absolute Gasteiger partial charge is 0.213 e. The fourth-order valence-electron chi connectivity index (χ4n) is 7.13. The Morgan fingerprint density at radius 1 is 1.12 bits per heavy atom. The Morgan fingerprint density at radius 2 is 1.95 bits per heavy atom. The second-order valence-electron chi connectivity index (χ2n) is 13.2. The van der Waals surface area contributed by atoms with Crippen molar-refractivity contribution in [2.24, 2.45) is 11.8 Å². The lowest BCUT2D eigenvalue weighted by molar-refractivity contribution is -0.311. The van der Waals surface area contributed by atoms with Crippen molar-refractivity contribution >= 4 is 5.97 Å². The molecule has 3 aromatic rings. The number of likely N-dealkylation sites (tertiary alicyclic amines) is 1. The Hall–Kier alpha value is -3.38. The number of hydrogen-bond acceptors (Lipinski definition) is 6. The van der Waals surface area contributed by atoms with Gasteiger partial charge in [-0.1, -0.05) is 43.7 Å². The molecule has 1 unspecified atom stereocenters. The van der Waals surface area contributed by atoms with E-state index >= 15 is 0 Å². The highest BCUT2D eigenvalue weighted by Crippen LogP contribution is 2.48. The van der Waals surface area contributed by atoms with Crippen LogP contribution in [0.15, 0.2) is 54.7 Å². The first-order valence-electron chi connectivity index (χ1n) is 15.6. The molecule has 0 N–H and O–H groups in total. The second kappa shape index (κ2) is 11.7. The van der Waals surface area contributed by atoms with E-state index in [2.05, 4.69) is 66.2 Å². The number of aryl methyl sites for hydroxylation is 1. The Balaban J connectivity index is 1.32. The predicted molar refractivity (Wildman–Crippen MR) is 162 cm³/mol. The SMILES string of the molecule is COc1cc(-c2ccc(C3CCc4ccc([C@H](C5CC5)[C@H](C)C(=O)[O-])cc4O3)cc2CN2CCCCC2(C)C)ccn1. The van der Waals surface area contributed by atoms with Crippen LogP contribution >= 0.6 is 0 Å². The Labute approximate surface area is 250 Å². The van der Waals surface area contributed by atoms with Gasteiger partial charge in [-0.2, -0.15) is 0 Å². The number of hydrogen-bond donors (Lipinski definition) is 0. The maximum absolute atomic E-state index is 11.8. The largest absolute Gasteiger partial charge is 0.550 e. The number of aromatic nitrogens is 1. The number of methoxy groups -OCH3 is 1. The van der Waals surface area contributed by atoms with E-state index in [1.165, 1.54) is 41.5 Å². The molecule has 0 radical (unpaired) electrons. The average Bonchev–Trinajstić information content (AvgIpc) is 3.83. The number of ether oxygens (including phenoxy) is 2. The van der Waals surface area contributed by atoms with Gasteiger partial charge in [0.25, 0.3) is 0 Å². The summed E-state index contributed by atoms with van der Waals surface area (Å²) in [6.07, 6.45) is 9.46. The quantitative estimate of drug-likeness (QED) is 0.295. The molecule has 2 aromatic carbocycles. The number of aliphatic carboxylic acids is 1. The van der Waals surface area contributed by atoms with E-state index < -0.39 is 11.9 Å². The normalized spacial score (nSPS) is 21.6. The fraction of sp³-hybridized carbons (Fsp3) is 0.500. The molecule has 1 saturated heterocycles. The number of carboxylic acids is 1. The Kier molecular flexibility index (Phi) is 8.01. The third-order valence-corrected chi connectivity index (χ3v) is 9.90. The molecule has 6 rings (SSSR count). The van der Waals surface area contributed by atoms with Crippen LogP contribution in [0.25, 0.3) is 11.1 Å². The van der Waals surface area contributed by atoms with Gasteiger partial charge < -0.3 is 19.4 Å². The van der Waals surface area contributed by atoms with E-state index in [0.717, 1.165) is 55.6 Å². The first-order chi connectivity index (χ1) is 20.2. The molecule has 0 spiro atoms. The lowest BCUT2D eigenvalue weighted by Crippen LogP contribution is -2.46. The van der Waals surface area contributed by atoms with E-state index in [9.17, 15) is 9.90 Å². The summed E-state index contributed by atoms with van der Waals surface area (Å²) in [5, 5.41) is 11.8. The summed E-state index contributed by atoms with van der Waals surface area (Å²) < 4.78 is 12.2. The molecule has 42 heavy (non-hydrogen) atoms. The van der Waals surface area contributed by atoms with Crippen molar-refractivity contribution in [2.75, 3.05) is 13.7 Å². The molecule has 2 aliphatic heterocycles. The number of carboxylic acid groups (broad SMARTS) is 1. The molecular weight excluding hydrogens is 524 g/mol. The number of piperidine rings is 1. The van der Waals surface area contributed by atoms with Crippen molar-refractivity contribution in [3.63, 3.8) is 0 Å². The molecule has 3 atom stereocenters. The number of benzene rings is 2. The van der Waals surface area contributed by atoms with Gasteiger partial charge in [0, 0.05) is 36.2 Å². The van der Waals surface area contributed by atoms with Crippen LogP contribution in [0.3, 0.4) is 0 Å². The van der Waals surface area contributed by atoms with Gasteiger partial charge in [0.1, 0.15) is 11.9 Å². The first-order valence-corrected chi connectivity index (χ1v) is 15.6. The van der Waals surface area contributed by atoms with Crippen molar-refractivity contribution < 1.29 is 19.4 Å². The number of carbonyl (C=O) groups excluding carboxylic acids is 1. The zero-order chi connectivity index (χ0) is 29.4. The summed E-state index contributed by atoms with van der Waals surface area (Å²) in [4.78, 5) is 18.7. The molecule has 0 amide bonds. The summed E-state index contributed by atoms with van der Waals surface area (Å²) in [7, 11) is 1.65. The highest BCUT2D eigenvalue weighted by molar-refractivity contribution is 5.69. The summed E-state index contributed by atoms with van der Waals surface area (Å²) >= 11 is 0. The minimum absolute atomic E-state index is 0.0274. The molecule has 222 valence electrons. The highest BCUT2D eigenvalue weighted by Gasteiger charge is 2.37. The van der Waals surface area contributed by atoms with Gasteiger partial charge in [0.15, 0.2) is 0 Å². The molecule has 1 aromatic heterocycles. The standard InChI is InChI=1S/C36H44N2O4/c1-23(35(39)40)34(25-8-9-25)28-10-7-24-12-14-31(42-32(24)20-28)27-11-13-30(26-15-17-37-33(21-26)41-4)29(19-27)22-38-18-6-5-16-36(38,2)3/h7,10-11,13,15,17,19-21,23,25,31,34H,5-6,8-9,12,14,16,18,22H2,1-4H3,(H,39,40)/p-1/t23-,31?,34-/m0/s1. The van der Waals surface area contributed by atoms with Crippen molar-refractivity contribution in [2.45, 2.75) is 89.8 Å². The molecule has 0 bridgehead atoms. The molecule has 6 nitrogen and oxygen atoms in total. The van der Waals surface area contributed by atoms with Gasteiger partial charge >= 0.3 is 0 Å². The zero-order valence-electron chi connectivity index (χ0n) is 25.4. The molecule has 1 aliphatic carbocycles.